The molecule has 90 valence electrons. The van der Waals surface area contributed by atoms with Gasteiger partial charge in [-0.2, -0.15) is 12.6 Å². The number of ether oxygens (including phenoxy) is 2. The van der Waals surface area contributed by atoms with Gasteiger partial charge in [0.05, 0.1) is 6.61 Å². The Morgan fingerprint density at radius 1 is 1.07 bits per heavy atom. The Labute approximate surface area is 110 Å². The van der Waals surface area contributed by atoms with Crippen LogP contribution >= 0.6 is 12.6 Å². The minimum absolute atomic E-state index is 0. The summed E-state index contributed by atoms with van der Waals surface area (Å²) in [6.07, 6.45) is 0. The molecular formula is C8H20O5SZn. The Morgan fingerprint density at radius 3 is 1.33 bits per heavy atom. The van der Waals surface area contributed by atoms with Crippen LogP contribution in [0.15, 0.2) is 0 Å². The summed E-state index contributed by atoms with van der Waals surface area (Å²) >= 11 is 3.67. The van der Waals surface area contributed by atoms with Gasteiger partial charge in [0.15, 0.2) is 0 Å². The normalized spacial score (nSPS) is 7.60. The van der Waals surface area contributed by atoms with Crippen molar-refractivity contribution in [3.05, 3.63) is 0 Å². The third-order valence-corrected chi connectivity index (χ3v) is 0.875. The molecule has 15 heavy (non-hydrogen) atoms. The third kappa shape index (κ3) is 72.3. The van der Waals surface area contributed by atoms with Gasteiger partial charge in [-0.25, -0.2) is 0 Å². The quantitative estimate of drug-likeness (QED) is 0.448. The van der Waals surface area contributed by atoms with Crippen molar-refractivity contribution in [2.24, 2.45) is 0 Å². The van der Waals surface area contributed by atoms with Crippen LogP contribution in [0.3, 0.4) is 0 Å². The maximum Gasteiger partial charge on any atom is 2.00 e. The van der Waals surface area contributed by atoms with Gasteiger partial charge in [-0.3, -0.25) is 0 Å². The van der Waals surface area contributed by atoms with E-state index in [4.69, 9.17) is 5.11 Å². The molecule has 0 saturated heterocycles. The van der Waals surface area contributed by atoms with Gasteiger partial charge in [0.25, 0.3) is 0 Å². The van der Waals surface area contributed by atoms with Crippen LogP contribution < -0.4 is 10.2 Å². The first kappa shape index (κ1) is 24.8. The minimum atomic E-state index is -0.128. The van der Waals surface area contributed by atoms with Crippen LogP contribution in [0.4, 0.5) is 0 Å². The Bertz CT molecular complexity index is 59.0. The standard InChI is InChI=1S/2C3H7O2.C2H6OS.Zn/c2*1-5-3-2-4;3-1-2-4;/h2*2-3H2,1H3;3-4H,1-2H2;/q2*-1;;+2. The first-order valence-corrected chi connectivity index (χ1v) is 4.74. The molecule has 0 aromatic rings. The molecule has 0 amide bonds. The van der Waals surface area contributed by atoms with Crippen molar-refractivity contribution in [1.82, 2.24) is 0 Å². The van der Waals surface area contributed by atoms with Gasteiger partial charge in [0, 0.05) is 33.2 Å². The van der Waals surface area contributed by atoms with Gasteiger partial charge in [0.2, 0.25) is 0 Å². The molecule has 0 atom stereocenters. The second-order valence-electron chi connectivity index (χ2n) is 1.84. The van der Waals surface area contributed by atoms with Crippen molar-refractivity contribution in [3.63, 3.8) is 0 Å². The van der Waals surface area contributed by atoms with Gasteiger partial charge in [0.1, 0.15) is 0 Å². The fraction of sp³-hybridized carbons (Fsp3) is 1.00. The van der Waals surface area contributed by atoms with E-state index in [0.29, 0.717) is 19.0 Å². The van der Waals surface area contributed by atoms with Crippen LogP contribution in [-0.2, 0) is 29.0 Å². The molecule has 0 rings (SSSR count). The zero-order valence-corrected chi connectivity index (χ0v) is 13.3. The summed E-state index contributed by atoms with van der Waals surface area (Å²) in [5, 5.41) is 26.6. The van der Waals surface area contributed by atoms with Crippen molar-refractivity contribution < 1.29 is 44.3 Å². The van der Waals surface area contributed by atoms with E-state index in [-0.39, 0.29) is 39.3 Å². The second kappa shape index (κ2) is 36.4. The van der Waals surface area contributed by atoms with Crippen LogP contribution in [0.2, 0.25) is 0 Å². The van der Waals surface area contributed by atoms with Crippen molar-refractivity contribution in [3.8, 4) is 0 Å². The van der Waals surface area contributed by atoms with Gasteiger partial charge >= 0.3 is 19.5 Å². The van der Waals surface area contributed by atoms with Crippen molar-refractivity contribution in [2.75, 3.05) is 53.0 Å². The molecule has 0 saturated carbocycles. The molecule has 0 radical (unpaired) electrons. The van der Waals surface area contributed by atoms with E-state index in [1.807, 2.05) is 0 Å². The van der Waals surface area contributed by atoms with E-state index in [2.05, 4.69) is 22.1 Å². The number of thiol groups is 1. The fourth-order valence-corrected chi connectivity index (χ4v) is 0.167. The van der Waals surface area contributed by atoms with E-state index in [9.17, 15) is 10.2 Å². The van der Waals surface area contributed by atoms with Gasteiger partial charge in [-0.1, -0.05) is 0 Å². The van der Waals surface area contributed by atoms with E-state index in [0.717, 1.165) is 0 Å². The number of hydrogen-bond donors (Lipinski definition) is 2. The first-order chi connectivity index (χ1) is 6.74. The van der Waals surface area contributed by atoms with Crippen LogP contribution in [0.1, 0.15) is 0 Å². The first-order valence-electron chi connectivity index (χ1n) is 4.10. The zero-order chi connectivity index (χ0) is 11.7. The molecule has 1 N–H and O–H groups in total. The molecule has 0 heterocycles. The molecule has 0 aromatic heterocycles. The molecule has 0 bridgehead atoms. The Balaban J connectivity index is -0.0000000590. The van der Waals surface area contributed by atoms with E-state index >= 15 is 0 Å². The van der Waals surface area contributed by atoms with Crippen molar-refractivity contribution >= 4 is 12.6 Å². The molecule has 0 fully saturated rings. The van der Waals surface area contributed by atoms with Crippen LogP contribution in [0, 0.1) is 0 Å². The van der Waals surface area contributed by atoms with Crippen LogP contribution in [0.5, 0.6) is 0 Å². The molecule has 0 spiro atoms. The number of hydrogen-bond acceptors (Lipinski definition) is 6. The summed E-state index contributed by atoms with van der Waals surface area (Å²) in [5.74, 6) is 0.569. The number of methoxy groups -OCH3 is 2. The number of aliphatic hydroxyl groups excluding tert-OH is 1. The molecule has 5 nitrogen and oxygen atoms in total. The van der Waals surface area contributed by atoms with Crippen molar-refractivity contribution in [1.29, 1.82) is 0 Å². The summed E-state index contributed by atoms with van der Waals surface area (Å²) < 4.78 is 8.76. The Morgan fingerprint density at radius 2 is 1.33 bits per heavy atom. The summed E-state index contributed by atoms with van der Waals surface area (Å²) in [5.41, 5.74) is 0. The predicted octanol–water partition coefficient (Wildman–Crippen LogP) is -2.11. The predicted molar refractivity (Wildman–Crippen MR) is 54.4 cm³/mol. The van der Waals surface area contributed by atoms with E-state index in [1.54, 1.807) is 0 Å². The van der Waals surface area contributed by atoms with E-state index in [1.165, 1.54) is 14.2 Å². The molecule has 0 aliphatic heterocycles. The molecule has 0 aliphatic rings. The topological polar surface area (TPSA) is 84.8 Å². The van der Waals surface area contributed by atoms with Gasteiger partial charge in [-0.15, -0.1) is 13.2 Å². The zero-order valence-electron chi connectivity index (χ0n) is 9.48. The Kier molecular flexibility index (Phi) is 60.3. The summed E-state index contributed by atoms with van der Waals surface area (Å²) in [7, 11) is 3.02. The monoisotopic (exact) mass is 292 g/mol. The molecule has 0 aliphatic carbocycles. The molecule has 0 unspecified atom stereocenters. The van der Waals surface area contributed by atoms with Gasteiger partial charge in [-0.05, 0) is 0 Å². The SMILES string of the molecule is COCC[O-].COCC[O-].OCCS.[Zn+2]. The van der Waals surface area contributed by atoms with E-state index < -0.39 is 0 Å². The summed E-state index contributed by atoms with van der Waals surface area (Å²) in [6.45, 7) is 0.593. The van der Waals surface area contributed by atoms with Gasteiger partial charge < -0.3 is 24.8 Å². The summed E-state index contributed by atoms with van der Waals surface area (Å²) in [6, 6.07) is 0. The fourth-order valence-electron chi connectivity index (χ4n) is 0.167. The largest absolute Gasteiger partial charge is 2.00 e. The second-order valence-corrected chi connectivity index (χ2v) is 2.29. The Hall–Kier alpha value is 0.773. The molecule has 7 heteroatoms. The molecular weight excluding hydrogens is 274 g/mol. The average molecular weight is 294 g/mol. The smallest absolute Gasteiger partial charge is 0.853 e. The number of aliphatic hydroxyl groups is 1. The van der Waals surface area contributed by atoms with Crippen molar-refractivity contribution in [2.45, 2.75) is 0 Å². The maximum absolute atomic E-state index is 9.40. The minimum Gasteiger partial charge on any atom is -0.853 e. The summed E-state index contributed by atoms with van der Waals surface area (Å²) in [4.78, 5) is 0. The molecule has 0 aromatic carbocycles. The van der Waals surface area contributed by atoms with Crippen LogP contribution in [-0.4, -0.2) is 58.1 Å². The average Bonchev–Trinajstić information content (AvgIpc) is 2.22. The third-order valence-electron chi connectivity index (χ3n) is 0.675. The van der Waals surface area contributed by atoms with Crippen LogP contribution in [0.25, 0.3) is 0 Å². The maximum atomic E-state index is 9.40. The number of rotatable bonds is 5.